The van der Waals surface area contributed by atoms with Gasteiger partial charge in [0, 0.05) is 19.2 Å². The number of ether oxygens (including phenoxy) is 2. The quantitative estimate of drug-likeness (QED) is 0.845. The number of rotatable bonds is 3. The molecule has 1 heterocycles. The Labute approximate surface area is 94.6 Å². The van der Waals surface area contributed by atoms with E-state index >= 15 is 0 Å². The van der Waals surface area contributed by atoms with Gasteiger partial charge in [0.25, 0.3) is 0 Å². The summed E-state index contributed by atoms with van der Waals surface area (Å²) in [5.41, 5.74) is 0.935. The van der Waals surface area contributed by atoms with Crippen molar-refractivity contribution in [1.82, 2.24) is 5.32 Å². The fourth-order valence-corrected chi connectivity index (χ4v) is 1.64. The molecule has 88 valence electrons. The van der Waals surface area contributed by atoms with Crippen LogP contribution in [0.5, 0.6) is 5.75 Å². The SMILES string of the molecule is Cc1ccc(F)cc1OCC1CNCCO1. The second-order valence-corrected chi connectivity index (χ2v) is 3.92. The van der Waals surface area contributed by atoms with Crippen molar-refractivity contribution in [2.24, 2.45) is 0 Å². The lowest BCUT2D eigenvalue weighted by Crippen LogP contribution is -2.41. The smallest absolute Gasteiger partial charge is 0.126 e. The lowest BCUT2D eigenvalue weighted by Gasteiger charge is -2.23. The van der Waals surface area contributed by atoms with Crippen LogP contribution in [0, 0.1) is 12.7 Å². The Balaban J connectivity index is 1.90. The van der Waals surface area contributed by atoms with Crippen LogP contribution in [0.2, 0.25) is 0 Å². The molecule has 0 radical (unpaired) electrons. The van der Waals surface area contributed by atoms with E-state index in [0.717, 1.165) is 18.7 Å². The predicted octanol–water partition coefficient (Wildman–Crippen LogP) is 1.50. The van der Waals surface area contributed by atoms with Gasteiger partial charge in [0.15, 0.2) is 0 Å². The van der Waals surface area contributed by atoms with Crippen molar-refractivity contribution in [3.8, 4) is 5.75 Å². The minimum Gasteiger partial charge on any atom is -0.490 e. The Morgan fingerprint density at radius 2 is 2.44 bits per heavy atom. The van der Waals surface area contributed by atoms with Gasteiger partial charge in [0.1, 0.15) is 24.3 Å². The molecule has 0 spiro atoms. The van der Waals surface area contributed by atoms with Crippen LogP contribution >= 0.6 is 0 Å². The Kier molecular flexibility index (Phi) is 3.74. The van der Waals surface area contributed by atoms with Crippen LogP contribution < -0.4 is 10.1 Å². The summed E-state index contributed by atoms with van der Waals surface area (Å²) in [5, 5.41) is 3.22. The fraction of sp³-hybridized carbons (Fsp3) is 0.500. The molecule has 1 unspecified atom stereocenters. The van der Waals surface area contributed by atoms with Gasteiger partial charge >= 0.3 is 0 Å². The largest absolute Gasteiger partial charge is 0.490 e. The Morgan fingerprint density at radius 3 is 3.19 bits per heavy atom. The second-order valence-electron chi connectivity index (χ2n) is 3.92. The zero-order chi connectivity index (χ0) is 11.4. The van der Waals surface area contributed by atoms with Crippen LogP contribution in [0.1, 0.15) is 5.56 Å². The molecule has 0 bridgehead atoms. The van der Waals surface area contributed by atoms with Gasteiger partial charge < -0.3 is 14.8 Å². The number of halogens is 1. The molecule has 1 atom stereocenters. The Hall–Kier alpha value is -1.13. The molecule has 16 heavy (non-hydrogen) atoms. The lowest BCUT2D eigenvalue weighted by molar-refractivity contribution is 0.00000747. The first kappa shape index (κ1) is 11.4. The molecule has 1 saturated heterocycles. The highest BCUT2D eigenvalue weighted by atomic mass is 19.1. The maximum atomic E-state index is 13.0. The summed E-state index contributed by atoms with van der Waals surface area (Å²) in [4.78, 5) is 0. The summed E-state index contributed by atoms with van der Waals surface area (Å²) in [6.45, 7) is 4.73. The maximum absolute atomic E-state index is 13.0. The van der Waals surface area contributed by atoms with Gasteiger partial charge in [-0.1, -0.05) is 6.07 Å². The van der Waals surface area contributed by atoms with Crippen molar-refractivity contribution in [1.29, 1.82) is 0 Å². The molecular weight excluding hydrogens is 209 g/mol. The highest BCUT2D eigenvalue weighted by molar-refractivity contribution is 5.32. The molecule has 2 rings (SSSR count). The van der Waals surface area contributed by atoms with Crippen LogP contribution in [-0.4, -0.2) is 32.4 Å². The summed E-state index contributed by atoms with van der Waals surface area (Å²) in [6.07, 6.45) is 0.0522. The molecular formula is C12H16FNO2. The first-order chi connectivity index (χ1) is 7.75. The first-order valence-electron chi connectivity index (χ1n) is 5.47. The summed E-state index contributed by atoms with van der Waals surface area (Å²) in [5.74, 6) is 0.317. The van der Waals surface area contributed by atoms with Crippen LogP contribution in [0.15, 0.2) is 18.2 Å². The lowest BCUT2D eigenvalue weighted by atomic mass is 10.2. The molecule has 1 fully saturated rings. The van der Waals surface area contributed by atoms with Crippen molar-refractivity contribution in [3.05, 3.63) is 29.6 Å². The molecule has 0 amide bonds. The van der Waals surface area contributed by atoms with Crippen LogP contribution in [-0.2, 0) is 4.74 Å². The number of hydrogen-bond acceptors (Lipinski definition) is 3. The zero-order valence-electron chi connectivity index (χ0n) is 9.33. The van der Waals surface area contributed by atoms with E-state index in [-0.39, 0.29) is 11.9 Å². The Morgan fingerprint density at radius 1 is 1.56 bits per heavy atom. The average Bonchev–Trinajstić information content (AvgIpc) is 2.32. The summed E-state index contributed by atoms with van der Waals surface area (Å²) in [7, 11) is 0. The molecule has 0 saturated carbocycles. The maximum Gasteiger partial charge on any atom is 0.126 e. The molecule has 0 aliphatic carbocycles. The highest BCUT2D eigenvalue weighted by Gasteiger charge is 2.14. The van der Waals surface area contributed by atoms with Gasteiger partial charge in [-0.3, -0.25) is 0 Å². The van der Waals surface area contributed by atoms with Crippen molar-refractivity contribution >= 4 is 0 Å². The Bertz CT molecular complexity index is 351. The first-order valence-corrected chi connectivity index (χ1v) is 5.47. The minimum absolute atomic E-state index is 0.0522. The van der Waals surface area contributed by atoms with Crippen LogP contribution in [0.4, 0.5) is 4.39 Å². The van der Waals surface area contributed by atoms with E-state index < -0.39 is 0 Å². The number of hydrogen-bond donors (Lipinski definition) is 1. The zero-order valence-corrected chi connectivity index (χ0v) is 9.33. The van der Waals surface area contributed by atoms with E-state index in [4.69, 9.17) is 9.47 Å². The topological polar surface area (TPSA) is 30.5 Å². The van der Waals surface area contributed by atoms with Crippen molar-refractivity contribution in [3.63, 3.8) is 0 Å². The van der Waals surface area contributed by atoms with E-state index in [1.54, 1.807) is 6.07 Å². The monoisotopic (exact) mass is 225 g/mol. The van der Waals surface area contributed by atoms with Crippen LogP contribution in [0.25, 0.3) is 0 Å². The highest BCUT2D eigenvalue weighted by Crippen LogP contribution is 2.19. The molecule has 0 aromatic heterocycles. The van der Waals surface area contributed by atoms with Gasteiger partial charge in [0.05, 0.1) is 6.61 Å². The fourth-order valence-electron chi connectivity index (χ4n) is 1.64. The summed E-state index contributed by atoms with van der Waals surface area (Å²) < 4.78 is 24.0. The van der Waals surface area contributed by atoms with E-state index in [9.17, 15) is 4.39 Å². The van der Waals surface area contributed by atoms with E-state index in [1.807, 2.05) is 6.92 Å². The molecule has 3 nitrogen and oxygen atoms in total. The number of aryl methyl sites for hydroxylation is 1. The standard InChI is InChI=1S/C12H16FNO2/c1-9-2-3-10(13)6-12(9)16-8-11-7-14-4-5-15-11/h2-3,6,11,14H,4-5,7-8H2,1H3. The van der Waals surface area contributed by atoms with Gasteiger partial charge in [-0.15, -0.1) is 0 Å². The van der Waals surface area contributed by atoms with E-state index in [1.165, 1.54) is 12.1 Å². The summed E-state index contributed by atoms with van der Waals surface area (Å²) in [6, 6.07) is 4.55. The number of morpholine rings is 1. The molecule has 1 aliphatic rings. The molecule has 1 aromatic rings. The summed E-state index contributed by atoms with van der Waals surface area (Å²) >= 11 is 0. The third-order valence-corrected chi connectivity index (χ3v) is 2.58. The third kappa shape index (κ3) is 2.93. The van der Waals surface area contributed by atoms with Crippen molar-refractivity contribution in [2.75, 3.05) is 26.3 Å². The molecule has 4 heteroatoms. The average molecular weight is 225 g/mol. The second kappa shape index (κ2) is 5.27. The molecule has 1 aliphatic heterocycles. The normalized spacial score (nSPS) is 20.8. The van der Waals surface area contributed by atoms with Crippen molar-refractivity contribution < 1.29 is 13.9 Å². The van der Waals surface area contributed by atoms with E-state index in [2.05, 4.69) is 5.32 Å². The number of benzene rings is 1. The van der Waals surface area contributed by atoms with Crippen LogP contribution in [0.3, 0.4) is 0 Å². The van der Waals surface area contributed by atoms with Gasteiger partial charge in [-0.05, 0) is 18.6 Å². The molecule has 1 aromatic carbocycles. The third-order valence-electron chi connectivity index (χ3n) is 2.58. The minimum atomic E-state index is -0.275. The van der Waals surface area contributed by atoms with Gasteiger partial charge in [-0.2, -0.15) is 0 Å². The van der Waals surface area contributed by atoms with Crippen molar-refractivity contribution in [2.45, 2.75) is 13.0 Å². The van der Waals surface area contributed by atoms with Gasteiger partial charge in [-0.25, -0.2) is 4.39 Å². The van der Waals surface area contributed by atoms with Gasteiger partial charge in [0.2, 0.25) is 0 Å². The molecule has 1 N–H and O–H groups in total. The predicted molar refractivity (Wildman–Crippen MR) is 59.2 cm³/mol. The van der Waals surface area contributed by atoms with E-state index in [0.29, 0.717) is 19.0 Å². The number of nitrogens with one attached hydrogen (secondary N) is 1.